The monoisotopic (exact) mass is 297 g/mol. The van der Waals surface area contributed by atoms with Crippen molar-refractivity contribution in [1.29, 1.82) is 0 Å². The second-order valence-corrected chi connectivity index (χ2v) is 6.43. The van der Waals surface area contributed by atoms with E-state index in [2.05, 4.69) is 12.6 Å². The van der Waals surface area contributed by atoms with Crippen LogP contribution in [0.2, 0.25) is 0 Å². The summed E-state index contributed by atoms with van der Waals surface area (Å²) in [7, 11) is 0. The van der Waals surface area contributed by atoms with E-state index in [0.717, 1.165) is 16.3 Å². The van der Waals surface area contributed by atoms with Crippen molar-refractivity contribution in [2.75, 3.05) is 0 Å². The van der Waals surface area contributed by atoms with Crippen LogP contribution in [0.15, 0.2) is 55.1 Å². The number of nitrogens with two attached hydrogens (primary N) is 1. The van der Waals surface area contributed by atoms with E-state index < -0.39 is 17.6 Å². The van der Waals surface area contributed by atoms with Crippen molar-refractivity contribution in [2.24, 2.45) is 5.73 Å². The Kier molecular flexibility index (Phi) is 4.67. The first-order chi connectivity index (χ1) is 10.3. The Morgan fingerprint density at radius 1 is 1.18 bits per heavy atom. The van der Waals surface area contributed by atoms with Crippen LogP contribution < -0.4 is 5.73 Å². The highest BCUT2D eigenvalue weighted by Crippen LogP contribution is 2.26. The Labute approximate surface area is 131 Å². The predicted octanol–water partition coefficient (Wildman–Crippen LogP) is 3.78. The topological polar surface area (TPSA) is 52.3 Å². The number of hydrogen-bond acceptors (Lipinski definition) is 3. The summed E-state index contributed by atoms with van der Waals surface area (Å²) in [5.41, 5.74) is 6.52. The molecule has 0 spiro atoms. The van der Waals surface area contributed by atoms with Crippen LogP contribution in [0.25, 0.3) is 10.8 Å². The summed E-state index contributed by atoms with van der Waals surface area (Å²) in [5.74, 6) is -0.690. The van der Waals surface area contributed by atoms with Gasteiger partial charge in [-0.1, -0.05) is 48.5 Å². The van der Waals surface area contributed by atoms with Crippen LogP contribution in [-0.2, 0) is 9.53 Å². The van der Waals surface area contributed by atoms with E-state index in [4.69, 9.17) is 10.5 Å². The molecular weight excluding hydrogens is 274 g/mol. The molecule has 2 N–H and O–H groups in total. The lowest BCUT2D eigenvalue weighted by atomic mass is 9.90. The van der Waals surface area contributed by atoms with Crippen LogP contribution in [0, 0.1) is 0 Å². The number of hydrogen-bond donors (Lipinski definition) is 1. The lowest BCUT2D eigenvalue weighted by Crippen LogP contribution is -2.41. The predicted molar refractivity (Wildman–Crippen MR) is 90.7 cm³/mol. The summed E-state index contributed by atoms with van der Waals surface area (Å²) in [6.45, 7) is 9.32. The van der Waals surface area contributed by atoms with E-state index in [9.17, 15) is 4.79 Å². The summed E-state index contributed by atoms with van der Waals surface area (Å²) in [4.78, 5) is 12.2. The quantitative estimate of drug-likeness (QED) is 0.690. The molecule has 0 radical (unpaired) electrons. The van der Waals surface area contributed by atoms with Gasteiger partial charge in [0, 0.05) is 5.92 Å². The van der Waals surface area contributed by atoms with Crippen molar-refractivity contribution in [3.05, 3.63) is 60.7 Å². The van der Waals surface area contributed by atoms with E-state index >= 15 is 0 Å². The van der Waals surface area contributed by atoms with E-state index in [-0.39, 0.29) is 5.92 Å². The van der Waals surface area contributed by atoms with Crippen molar-refractivity contribution in [3.63, 3.8) is 0 Å². The zero-order valence-electron chi connectivity index (χ0n) is 13.4. The Morgan fingerprint density at radius 3 is 2.41 bits per heavy atom. The molecule has 0 fully saturated rings. The van der Waals surface area contributed by atoms with Gasteiger partial charge in [-0.15, -0.1) is 6.58 Å². The molecule has 22 heavy (non-hydrogen) atoms. The summed E-state index contributed by atoms with van der Waals surface area (Å²) in [6, 6.07) is 13.4. The molecule has 2 atom stereocenters. The van der Waals surface area contributed by atoms with Gasteiger partial charge in [-0.25, -0.2) is 0 Å². The van der Waals surface area contributed by atoms with Crippen molar-refractivity contribution < 1.29 is 9.53 Å². The van der Waals surface area contributed by atoms with Crippen molar-refractivity contribution in [3.8, 4) is 0 Å². The number of carbonyl (C=O) groups is 1. The molecule has 0 unspecified atom stereocenters. The molecule has 2 aromatic rings. The van der Waals surface area contributed by atoms with Gasteiger partial charge < -0.3 is 10.5 Å². The van der Waals surface area contributed by atoms with Gasteiger partial charge >= 0.3 is 5.97 Å². The Bertz CT molecular complexity index is 685. The Hall–Kier alpha value is -2.13. The third-order valence-corrected chi connectivity index (χ3v) is 3.48. The number of rotatable bonds is 4. The minimum absolute atomic E-state index is 0.278. The molecule has 2 rings (SSSR count). The molecule has 0 aliphatic heterocycles. The number of fused-ring (bicyclic) bond motifs is 1. The second-order valence-electron chi connectivity index (χ2n) is 6.43. The molecule has 0 aliphatic carbocycles. The fourth-order valence-corrected chi connectivity index (χ4v) is 2.42. The summed E-state index contributed by atoms with van der Waals surface area (Å²) in [5, 5.41) is 2.27. The third-order valence-electron chi connectivity index (χ3n) is 3.48. The van der Waals surface area contributed by atoms with Gasteiger partial charge in [0.05, 0.1) is 0 Å². The molecule has 0 amide bonds. The molecule has 3 nitrogen and oxygen atoms in total. The normalized spacial score (nSPS) is 14.4. The highest BCUT2D eigenvalue weighted by Gasteiger charge is 2.28. The van der Waals surface area contributed by atoms with E-state index in [1.165, 1.54) is 0 Å². The van der Waals surface area contributed by atoms with Crippen molar-refractivity contribution >= 4 is 16.7 Å². The summed E-state index contributed by atoms with van der Waals surface area (Å²) in [6.07, 6.45) is 1.71. The summed E-state index contributed by atoms with van der Waals surface area (Å²) < 4.78 is 5.38. The van der Waals surface area contributed by atoms with E-state index in [1.807, 2.05) is 57.2 Å². The van der Waals surface area contributed by atoms with Gasteiger partial charge in [-0.3, -0.25) is 4.79 Å². The molecule has 0 aromatic heterocycles. The smallest absolute Gasteiger partial charge is 0.324 e. The third kappa shape index (κ3) is 3.74. The molecule has 0 saturated heterocycles. The zero-order valence-corrected chi connectivity index (χ0v) is 13.4. The van der Waals surface area contributed by atoms with Gasteiger partial charge in [0.15, 0.2) is 0 Å². The van der Waals surface area contributed by atoms with Crippen molar-refractivity contribution in [2.45, 2.75) is 38.3 Å². The second kappa shape index (κ2) is 6.32. The maximum atomic E-state index is 12.2. The molecule has 3 heteroatoms. The van der Waals surface area contributed by atoms with Crippen LogP contribution in [0.1, 0.15) is 32.3 Å². The number of esters is 1. The van der Waals surface area contributed by atoms with Crippen LogP contribution in [-0.4, -0.2) is 17.6 Å². The van der Waals surface area contributed by atoms with Crippen molar-refractivity contribution in [1.82, 2.24) is 0 Å². The minimum atomic E-state index is -0.766. The molecule has 0 heterocycles. The molecule has 0 bridgehead atoms. The highest BCUT2D eigenvalue weighted by atomic mass is 16.6. The minimum Gasteiger partial charge on any atom is -0.459 e. The van der Waals surface area contributed by atoms with E-state index in [0.29, 0.717) is 0 Å². The van der Waals surface area contributed by atoms with Gasteiger partial charge in [0.2, 0.25) is 0 Å². The largest absolute Gasteiger partial charge is 0.459 e. The fourth-order valence-electron chi connectivity index (χ4n) is 2.42. The first-order valence-electron chi connectivity index (χ1n) is 7.41. The number of ether oxygens (including phenoxy) is 1. The average Bonchev–Trinajstić information content (AvgIpc) is 2.46. The first-order valence-corrected chi connectivity index (χ1v) is 7.41. The molecule has 116 valence electrons. The lowest BCUT2D eigenvalue weighted by Gasteiger charge is -2.25. The van der Waals surface area contributed by atoms with Crippen LogP contribution in [0.4, 0.5) is 0 Å². The standard InChI is InChI=1S/C19H23NO2/c1-5-16(17(20)18(21)22-19(2,3)4)15-11-10-13-8-6-7-9-14(13)12-15/h5-12,16-17H,1,20H2,2-4H3/t16-,17+/m1/s1. The number of carbonyl (C=O) groups excluding carboxylic acids is 1. The van der Waals surface area contributed by atoms with Gasteiger partial charge in [0.1, 0.15) is 11.6 Å². The van der Waals surface area contributed by atoms with Crippen LogP contribution in [0.3, 0.4) is 0 Å². The van der Waals surface area contributed by atoms with Gasteiger partial charge in [0.25, 0.3) is 0 Å². The Morgan fingerprint density at radius 2 is 1.82 bits per heavy atom. The SMILES string of the molecule is C=C[C@H](c1ccc2ccccc2c1)[C@H](N)C(=O)OC(C)(C)C. The van der Waals surface area contributed by atoms with Crippen LogP contribution >= 0.6 is 0 Å². The zero-order chi connectivity index (χ0) is 16.3. The average molecular weight is 297 g/mol. The molecular formula is C19H23NO2. The molecule has 0 aliphatic rings. The Balaban J connectivity index is 2.29. The van der Waals surface area contributed by atoms with Gasteiger partial charge in [-0.2, -0.15) is 0 Å². The molecule has 0 saturated carbocycles. The maximum Gasteiger partial charge on any atom is 0.324 e. The maximum absolute atomic E-state index is 12.2. The first kappa shape index (κ1) is 16.2. The molecule has 2 aromatic carbocycles. The summed E-state index contributed by atoms with van der Waals surface area (Å²) >= 11 is 0. The lowest BCUT2D eigenvalue weighted by molar-refractivity contribution is -0.156. The van der Waals surface area contributed by atoms with Gasteiger partial charge in [-0.05, 0) is 37.1 Å². The fraction of sp³-hybridized carbons (Fsp3) is 0.316. The van der Waals surface area contributed by atoms with E-state index in [1.54, 1.807) is 6.08 Å². The number of benzene rings is 2. The highest BCUT2D eigenvalue weighted by molar-refractivity contribution is 5.84. The van der Waals surface area contributed by atoms with Crippen LogP contribution in [0.5, 0.6) is 0 Å².